The minimum Gasteiger partial charge on any atom is -0.320 e. The van der Waals surface area contributed by atoms with Gasteiger partial charge in [-0.3, -0.25) is 9.36 Å². The molecule has 0 saturated heterocycles. The molecule has 0 fully saturated rings. The highest BCUT2D eigenvalue weighted by Crippen LogP contribution is 2.16. The third-order valence-corrected chi connectivity index (χ3v) is 4.80. The van der Waals surface area contributed by atoms with Gasteiger partial charge in [-0.05, 0) is 25.1 Å². The highest BCUT2D eigenvalue weighted by atomic mass is 19.1. The first-order chi connectivity index (χ1) is 14.0. The third kappa shape index (κ3) is 3.20. The van der Waals surface area contributed by atoms with Crippen molar-refractivity contribution >= 4 is 11.2 Å². The maximum Gasteiger partial charge on any atom is 0.337 e. The zero-order chi connectivity index (χ0) is 20.5. The fourth-order valence-corrected chi connectivity index (χ4v) is 3.33. The van der Waals surface area contributed by atoms with E-state index in [1.54, 1.807) is 34.9 Å². The Labute approximate surface area is 165 Å². The fraction of sp³-hybridized carbons (Fsp3) is 0.136. The summed E-state index contributed by atoms with van der Waals surface area (Å²) in [6, 6.07) is 13.7. The van der Waals surface area contributed by atoms with Crippen LogP contribution in [0.25, 0.3) is 16.9 Å². The average Bonchev–Trinajstić information content (AvgIpc) is 3.12. The Morgan fingerprint density at radius 2 is 1.83 bits per heavy atom. The highest BCUT2D eigenvalue weighted by Gasteiger charge is 2.19. The van der Waals surface area contributed by atoms with Crippen LogP contribution in [0.4, 0.5) is 4.39 Å². The Bertz CT molecular complexity index is 1330. The van der Waals surface area contributed by atoms with E-state index in [-0.39, 0.29) is 30.1 Å². The predicted octanol–water partition coefficient (Wildman–Crippen LogP) is 3.03. The van der Waals surface area contributed by atoms with Gasteiger partial charge in [0.15, 0.2) is 11.2 Å². The summed E-state index contributed by atoms with van der Waals surface area (Å²) < 4.78 is 18.2. The Kier molecular flexibility index (Phi) is 4.72. The van der Waals surface area contributed by atoms with Crippen molar-refractivity contribution in [2.24, 2.45) is 0 Å². The van der Waals surface area contributed by atoms with Crippen molar-refractivity contribution in [3.8, 4) is 5.69 Å². The van der Waals surface area contributed by atoms with Crippen LogP contribution in [0.5, 0.6) is 0 Å². The number of imidazole rings is 1. The van der Waals surface area contributed by atoms with E-state index in [1.165, 1.54) is 23.0 Å². The van der Waals surface area contributed by atoms with Crippen LogP contribution in [0.15, 0.2) is 77.1 Å². The van der Waals surface area contributed by atoms with E-state index in [0.717, 1.165) is 10.1 Å². The molecule has 29 heavy (non-hydrogen) atoms. The number of hydrogen-bond donors (Lipinski definition) is 0. The van der Waals surface area contributed by atoms with Crippen molar-refractivity contribution in [1.29, 1.82) is 0 Å². The van der Waals surface area contributed by atoms with E-state index in [2.05, 4.69) is 11.6 Å². The lowest BCUT2D eigenvalue weighted by Crippen LogP contribution is -2.39. The molecule has 2 aromatic carbocycles. The number of rotatable bonds is 5. The summed E-state index contributed by atoms with van der Waals surface area (Å²) in [5.74, 6) is -0.368. The van der Waals surface area contributed by atoms with Crippen molar-refractivity contribution in [2.45, 2.75) is 20.0 Å². The highest BCUT2D eigenvalue weighted by molar-refractivity contribution is 5.72. The van der Waals surface area contributed by atoms with Gasteiger partial charge in [-0.25, -0.2) is 18.7 Å². The van der Waals surface area contributed by atoms with Crippen LogP contribution < -0.4 is 11.2 Å². The maximum atomic E-state index is 14.1. The molecule has 0 aliphatic carbocycles. The molecule has 0 radical (unpaired) electrons. The summed E-state index contributed by atoms with van der Waals surface area (Å²) in [4.78, 5) is 30.5. The van der Waals surface area contributed by atoms with Crippen molar-refractivity contribution in [1.82, 2.24) is 18.7 Å². The van der Waals surface area contributed by atoms with Gasteiger partial charge in [0, 0.05) is 12.1 Å². The Morgan fingerprint density at radius 1 is 1.10 bits per heavy atom. The number of hydrogen-bond acceptors (Lipinski definition) is 3. The van der Waals surface area contributed by atoms with E-state index in [1.807, 2.05) is 19.1 Å². The molecule has 2 aromatic heterocycles. The molecular formula is C22H19FN4O2. The van der Waals surface area contributed by atoms with Gasteiger partial charge in [0.05, 0.1) is 18.6 Å². The van der Waals surface area contributed by atoms with Crippen LogP contribution in [0.3, 0.4) is 0 Å². The van der Waals surface area contributed by atoms with Crippen LogP contribution in [0, 0.1) is 12.7 Å². The van der Waals surface area contributed by atoms with E-state index in [4.69, 9.17) is 0 Å². The molecule has 6 nitrogen and oxygen atoms in total. The van der Waals surface area contributed by atoms with Crippen molar-refractivity contribution < 1.29 is 4.39 Å². The summed E-state index contributed by atoms with van der Waals surface area (Å²) in [6.45, 7) is 5.77. The first-order valence-electron chi connectivity index (χ1n) is 9.13. The van der Waals surface area contributed by atoms with Crippen LogP contribution in [-0.2, 0) is 13.1 Å². The molecule has 0 aliphatic heterocycles. The SMILES string of the molecule is C=CCn1c(=O)c2c(ncn2Cc2ccccc2F)n(-c2ccc(C)cc2)c1=O. The maximum absolute atomic E-state index is 14.1. The molecule has 4 rings (SSSR count). The zero-order valence-corrected chi connectivity index (χ0v) is 15.9. The summed E-state index contributed by atoms with van der Waals surface area (Å²) in [7, 11) is 0. The third-order valence-electron chi connectivity index (χ3n) is 4.80. The first-order valence-corrected chi connectivity index (χ1v) is 9.13. The van der Waals surface area contributed by atoms with Gasteiger partial charge in [0.1, 0.15) is 5.82 Å². The fourth-order valence-electron chi connectivity index (χ4n) is 3.33. The monoisotopic (exact) mass is 390 g/mol. The molecule has 2 heterocycles. The van der Waals surface area contributed by atoms with Gasteiger partial charge in [-0.2, -0.15) is 0 Å². The Hall–Kier alpha value is -3.74. The molecule has 0 saturated carbocycles. The predicted molar refractivity (Wildman–Crippen MR) is 110 cm³/mol. The molecule has 0 atom stereocenters. The summed E-state index contributed by atoms with van der Waals surface area (Å²) in [6.07, 6.45) is 2.95. The van der Waals surface area contributed by atoms with Crippen LogP contribution >= 0.6 is 0 Å². The molecular weight excluding hydrogens is 371 g/mol. The minimum absolute atomic E-state index is 0.0599. The summed E-state index contributed by atoms with van der Waals surface area (Å²) in [5.41, 5.74) is 1.55. The van der Waals surface area contributed by atoms with Crippen molar-refractivity contribution in [2.75, 3.05) is 0 Å². The van der Waals surface area contributed by atoms with Gasteiger partial charge >= 0.3 is 5.69 Å². The standard InChI is InChI=1S/C22H19FN4O2/c1-3-12-26-21(28)19-20(27(22(26)29)17-10-8-15(2)9-11-17)24-14-25(19)13-16-6-4-5-7-18(16)23/h3-11,14H,1,12-13H2,2H3. The lowest BCUT2D eigenvalue weighted by Gasteiger charge is -2.12. The summed E-state index contributed by atoms with van der Waals surface area (Å²) in [5, 5.41) is 0. The number of aryl methyl sites for hydroxylation is 1. The average molecular weight is 390 g/mol. The second-order valence-electron chi connectivity index (χ2n) is 6.79. The summed E-state index contributed by atoms with van der Waals surface area (Å²) >= 11 is 0. The van der Waals surface area contributed by atoms with Crippen molar-refractivity contribution in [3.63, 3.8) is 0 Å². The van der Waals surface area contributed by atoms with E-state index >= 15 is 0 Å². The minimum atomic E-state index is -0.498. The molecule has 0 N–H and O–H groups in total. The normalized spacial score (nSPS) is 11.1. The molecule has 146 valence electrons. The molecule has 0 aliphatic rings. The second-order valence-corrected chi connectivity index (χ2v) is 6.79. The van der Waals surface area contributed by atoms with E-state index in [0.29, 0.717) is 11.3 Å². The van der Waals surface area contributed by atoms with E-state index < -0.39 is 11.2 Å². The second kappa shape index (κ2) is 7.35. The van der Waals surface area contributed by atoms with E-state index in [9.17, 15) is 14.0 Å². The lowest BCUT2D eigenvalue weighted by molar-refractivity contribution is 0.600. The zero-order valence-electron chi connectivity index (χ0n) is 15.9. The van der Waals surface area contributed by atoms with Gasteiger partial charge < -0.3 is 4.57 Å². The van der Waals surface area contributed by atoms with Gasteiger partial charge in [-0.15, -0.1) is 6.58 Å². The lowest BCUT2D eigenvalue weighted by atomic mass is 10.2. The van der Waals surface area contributed by atoms with Crippen LogP contribution in [0.2, 0.25) is 0 Å². The number of aromatic nitrogens is 4. The number of fused-ring (bicyclic) bond motifs is 1. The number of benzene rings is 2. The Morgan fingerprint density at radius 3 is 2.52 bits per heavy atom. The first kappa shape index (κ1) is 18.6. The molecule has 0 bridgehead atoms. The van der Waals surface area contributed by atoms with Gasteiger partial charge in [0.25, 0.3) is 5.56 Å². The van der Waals surface area contributed by atoms with Gasteiger partial charge in [0.2, 0.25) is 0 Å². The topological polar surface area (TPSA) is 61.8 Å². The Balaban J connectivity index is 2.01. The van der Waals surface area contributed by atoms with Crippen LogP contribution in [0.1, 0.15) is 11.1 Å². The molecule has 4 aromatic rings. The van der Waals surface area contributed by atoms with Gasteiger partial charge in [-0.1, -0.05) is 42.0 Å². The smallest absolute Gasteiger partial charge is 0.320 e. The molecule has 0 spiro atoms. The number of nitrogens with zero attached hydrogens (tertiary/aromatic N) is 4. The van der Waals surface area contributed by atoms with Crippen molar-refractivity contribution in [3.05, 3.63) is 105 Å². The quantitative estimate of drug-likeness (QED) is 0.492. The molecule has 0 unspecified atom stereocenters. The largest absolute Gasteiger partial charge is 0.337 e. The number of halogens is 1. The van der Waals surface area contributed by atoms with Crippen LogP contribution in [-0.4, -0.2) is 18.7 Å². The number of allylic oxidation sites excluding steroid dienone is 1. The molecule has 0 amide bonds. The molecule has 7 heteroatoms.